The highest BCUT2D eigenvalue weighted by atomic mass is 32.2. The Morgan fingerprint density at radius 1 is 1.35 bits per heavy atom. The van der Waals surface area contributed by atoms with Crippen molar-refractivity contribution in [3.63, 3.8) is 0 Å². The number of carbonyl (C=O) groups excluding carboxylic acids is 1. The smallest absolute Gasteiger partial charge is 0.305 e. The summed E-state index contributed by atoms with van der Waals surface area (Å²) in [6.45, 7) is 2.25. The molecule has 1 aromatic carbocycles. The summed E-state index contributed by atoms with van der Waals surface area (Å²) >= 11 is 1.55. The molecule has 2 aromatic rings. The lowest BCUT2D eigenvalue weighted by molar-refractivity contribution is -0.143. The Morgan fingerprint density at radius 2 is 2.15 bits per heavy atom. The highest BCUT2D eigenvalue weighted by Gasteiger charge is 2.05. The third kappa shape index (κ3) is 4.38. The van der Waals surface area contributed by atoms with E-state index in [2.05, 4.69) is 10.1 Å². The van der Waals surface area contributed by atoms with Gasteiger partial charge in [0.1, 0.15) is 6.33 Å². The van der Waals surface area contributed by atoms with Gasteiger partial charge in [-0.2, -0.15) is 0 Å². The van der Waals surface area contributed by atoms with E-state index in [0.717, 1.165) is 23.0 Å². The molecule has 0 saturated carbocycles. The molecule has 0 aliphatic heterocycles. The average Bonchev–Trinajstić information content (AvgIpc) is 2.94. The van der Waals surface area contributed by atoms with Gasteiger partial charge in [0, 0.05) is 12.2 Å². The van der Waals surface area contributed by atoms with Gasteiger partial charge in [0.15, 0.2) is 0 Å². The molecule has 0 fully saturated rings. The first-order chi connectivity index (χ1) is 9.79. The Morgan fingerprint density at radius 3 is 2.90 bits per heavy atom. The standard InChI is InChI=1S/C14H17N3O2S/c1-2-19-13(18)9-6-10-20-14-15-11-17(16-14)12-7-4-3-5-8-12/h3-5,7-8,11H,2,6,9-10H2,1H3. The number of hydrogen-bond donors (Lipinski definition) is 0. The summed E-state index contributed by atoms with van der Waals surface area (Å²) in [5.74, 6) is 0.660. The van der Waals surface area contributed by atoms with Crippen molar-refractivity contribution in [2.24, 2.45) is 0 Å². The molecule has 0 unspecified atom stereocenters. The van der Waals surface area contributed by atoms with Gasteiger partial charge in [-0.05, 0) is 25.5 Å². The fourth-order valence-corrected chi connectivity index (χ4v) is 2.37. The fourth-order valence-electron chi connectivity index (χ4n) is 1.63. The van der Waals surface area contributed by atoms with Crippen LogP contribution in [0, 0.1) is 0 Å². The van der Waals surface area contributed by atoms with E-state index in [4.69, 9.17) is 4.74 Å². The van der Waals surface area contributed by atoms with E-state index < -0.39 is 0 Å². The second kappa shape index (κ2) is 7.69. The van der Waals surface area contributed by atoms with Crippen LogP contribution in [0.1, 0.15) is 19.8 Å². The molecule has 1 heterocycles. The summed E-state index contributed by atoms with van der Waals surface area (Å²) in [5, 5.41) is 5.11. The minimum absolute atomic E-state index is 0.143. The quantitative estimate of drug-likeness (QED) is 0.446. The first-order valence-electron chi connectivity index (χ1n) is 6.55. The minimum Gasteiger partial charge on any atom is -0.466 e. The maximum atomic E-state index is 11.2. The van der Waals surface area contributed by atoms with Crippen molar-refractivity contribution in [2.75, 3.05) is 12.4 Å². The van der Waals surface area contributed by atoms with Gasteiger partial charge in [0.25, 0.3) is 0 Å². The van der Waals surface area contributed by atoms with Gasteiger partial charge in [-0.3, -0.25) is 4.79 Å². The third-order valence-electron chi connectivity index (χ3n) is 2.55. The largest absolute Gasteiger partial charge is 0.466 e. The van der Waals surface area contributed by atoms with Crippen molar-refractivity contribution in [1.82, 2.24) is 14.8 Å². The fraction of sp³-hybridized carbons (Fsp3) is 0.357. The number of thioether (sulfide) groups is 1. The predicted octanol–water partition coefficient (Wildman–Crippen LogP) is 2.70. The van der Waals surface area contributed by atoms with Crippen LogP contribution in [-0.2, 0) is 9.53 Å². The molecule has 5 nitrogen and oxygen atoms in total. The van der Waals surface area contributed by atoms with Crippen LogP contribution in [0.3, 0.4) is 0 Å². The minimum atomic E-state index is -0.143. The van der Waals surface area contributed by atoms with Crippen molar-refractivity contribution in [3.05, 3.63) is 36.7 Å². The van der Waals surface area contributed by atoms with Crippen LogP contribution in [0.5, 0.6) is 0 Å². The molecule has 106 valence electrons. The molecule has 1 aromatic heterocycles. The molecule has 0 radical (unpaired) electrons. The van der Waals surface area contributed by atoms with Gasteiger partial charge >= 0.3 is 5.97 Å². The predicted molar refractivity (Wildman–Crippen MR) is 78.0 cm³/mol. The van der Waals surface area contributed by atoms with E-state index in [1.807, 2.05) is 37.3 Å². The Labute approximate surface area is 122 Å². The number of hydrogen-bond acceptors (Lipinski definition) is 5. The van der Waals surface area contributed by atoms with Crippen LogP contribution < -0.4 is 0 Å². The molecular formula is C14H17N3O2S. The first kappa shape index (κ1) is 14.6. The summed E-state index contributed by atoms with van der Waals surface area (Å²) in [6.07, 6.45) is 2.91. The Bertz CT molecular complexity index is 542. The molecule has 6 heteroatoms. The highest BCUT2D eigenvalue weighted by molar-refractivity contribution is 7.99. The summed E-state index contributed by atoms with van der Waals surface area (Å²) in [4.78, 5) is 15.4. The summed E-state index contributed by atoms with van der Waals surface area (Å²) in [7, 11) is 0. The number of esters is 1. The molecule has 0 saturated heterocycles. The topological polar surface area (TPSA) is 57.0 Å². The zero-order valence-corrected chi connectivity index (χ0v) is 12.2. The molecule has 0 amide bonds. The van der Waals surface area contributed by atoms with Crippen molar-refractivity contribution in [1.29, 1.82) is 0 Å². The van der Waals surface area contributed by atoms with Crippen molar-refractivity contribution < 1.29 is 9.53 Å². The molecule has 0 aliphatic rings. The lowest BCUT2D eigenvalue weighted by Crippen LogP contribution is -2.03. The van der Waals surface area contributed by atoms with Crippen LogP contribution in [-0.4, -0.2) is 33.1 Å². The number of para-hydroxylation sites is 1. The molecule has 0 aliphatic carbocycles. The second-order valence-electron chi connectivity index (χ2n) is 4.06. The lowest BCUT2D eigenvalue weighted by Gasteiger charge is -2.00. The number of aromatic nitrogens is 3. The zero-order valence-electron chi connectivity index (χ0n) is 11.4. The molecular weight excluding hydrogens is 274 g/mol. The van der Waals surface area contributed by atoms with E-state index in [-0.39, 0.29) is 5.97 Å². The molecule has 0 N–H and O–H groups in total. The van der Waals surface area contributed by atoms with Gasteiger partial charge in [-0.15, -0.1) is 5.10 Å². The van der Waals surface area contributed by atoms with Crippen LogP contribution in [0.15, 0.2) is 41.8 Å². The van der Waals surface area contributed by atoms with E-state index >= 15 is 0 Å². The number of carbonyl (C=O) groups is 1. The maximum Gasteiger partial charge on any atom is 0.305 e. The normalized spacial score (nSPS) is 10.4. The Kier molecular flexibility index (Phi) is 5.61. The van der Waals surface area contributed by atoms with E-state index in [9.17, 15) is 4.79 Å². The van der Waals surface area contributed by atoms with Gasteiger partial charge in [0.05, 0.1) is 12.3 Å². The SMILES string of the molecule is CCOC(=O)CCCSc1ncn(-c2ccccc2)n1. The third-order valence-corrected chi connectivity index (χ3v) is 3.49. The number of ether oxygens (including phenoxy) is 1. The van der Waals surface area contributed by atoms with Gasteiger partial charge in [-0.1, -0.05) is 30.0 Å². The molecule has 0 spiro atoms. The molecule has 20 heavy (non-hydrogen) atoms. The second-order valence-corrected chi connectivity index (χ2v) is 5.13. The van der Waals surface area contributed by atoms with Crippen molar-refractivity contribution in [2.45, 2.75) is 24.9 Å². The van der Waals surface area contributed by atoms with E-state index in [0.29, 0.717) is 13.0 Å². The van der Waals surface area contributed by atoms with Crippen LogP contribution in [0.4, 0.5) is 0 Å². The monoisotopic (exact) mass is 291 g/mol. The van der Waals surface area contributed by atoms with Crippen LogP contribution in [0.2, 0.25) is 0 Å². The summed E-state index contributed by atoms with van der Waals surface area (Å²) in [6, 6.07) is 9.84. The first-order valence-corrected chi connectivity index (χ1v) is 7.53. The average molecular weight is 291 g/mol. The molecule has 2 rings (SSSR count). The maximum absolute atomic E-state index is 11.2. The van der Waals surface area contributed by atoms with E-state index in [1.54, 1.807) is 22.8 Å². The number of benzene rings is 1. The summed E-state index contributed by atoms with van der Waals surface area (Å²) in [5.41, 5.74) is 0.985. The van der Waals surface area contributed by atoms with Crippen LogP contribution in [0.25, 0.3) is 5.69 Å². The van der Waals surface area contributed by atoms with Gasteiger partial charge < -0.3 is 4.74 Å². The van der Waals surface area contributed by atoms with Crippen molar-refractivity contribution >= 4 is 17.7 Å². The molecule has 0 atom stereocenters. The summed E-state index contributed by atoms with van der Waals surface area (Å²) < 4.78 is 6.62. The highest BCUT2D eigenvalue weighted by Crippen LogP contribution is 2.15. The number of nitrogens with zero attached hydrogens (tertiary/aromatic N) is 3. The Balaban J connectivity index is 1.78. The van der Waals surface area contributed by atoms with Crippen LogP contribution >= 0.6 is 11.8 Å². The van der Waals surface area contributed by atoms with Gasteiger partial charge in [0.2, 0.25) is 5.16 Å². The lowest BCUT2D eigenvalue weighted by atomic mass is 10.3. The molecule has 0 bridgehead atoms. The zero-order chi connectivity index (χ0) is 14.2. The van der Waals surface area contributed by atoms with E-state index in [1.165, 1.54) is 0 Å². The Hall–Kier alpha value is -1.82. The van der Waals surface area contributed by atoms with Crippen molar-refractivity contribution in [3.8, 4) is 5.69 Å². The van der Waals surface area contributed by atoms with Gasteiger partial charge in [-0.25, -0.2) is 9.67 Å². The number of rotatable bonds is 7.